The third-order valence-electron chi connectivity index (χ3n) is 5.03. The Morgan fingerprint density at radius 3 is 2.78 bits per heavy atom. The van der Waals surface area contributed by atoms with Crippen LogP contribution in [0.2, 0.25) is 0 Å². The molecule has 0 spiro atoms. The topological polar surface area (TPSA) is 42.4 Å². The van der Waals surface area contributed by atoms with Crippen molar-refractivity contribution in [1.82, 2.24) is 9.88 Å². The molecule has 1 aliphatic rings. The summed E-state index contributed by atoms with van der Waals surface area (Å²) < 4.78 is 5.74. The van der Waals surface area contributed by atoms with Crippen molar-refractivity contribution in [2.45, 2.75) is 32.4 Å². The number of nitrogens with zero attached hydrogens (tertiary/aromatic N) is 2. The van der Waals surface area contributed by atoms with Crippen molar-refractivity contribution < 1.29 is 9.53 Å². The van der Waals surface area contributed by atoms with Gasteiger partial charge < -0.3 is 9.64 Å². The van der Waals surface area contributed by atoms with E-state index in [2.05, 4.69) is 30.1 Å². The number of aromatic nitrogens is 1. The molecule has 138 valence electrons. The Morgan fingerprint density at radius 2 is 2.04 bits per heavy atom. The van der Waals surface area contributed by atoms with Crippen LogP contribution in [0.1, 0.15) is 46.1 Å². The van der Waals surface area contributed by atoms with Gasteiger partial charge in [-0.05, 0) is 55.2 Å². The lowest BCUT2D eigenvalue weighted by Crippen LogP contribution is -2.30. The second-order valence-corrected chi connectivity index (χ2v) is 7.52. The molecule has 0 bridgehead atoms. The fourth-order valence-corrected chi connectivity index (χ4v) is 4.16. The zero-order valence-corrected chi connectivity index (χ0v) is 16.1. The number of thiazole rings is 1. The third kappa shape index (κ3) is 3.88. The Morgan fingerprint density at radius 1 is 1.22 bits per heavy atom. The van der Waals surface area contributed by atoms with E-state index in [0.29, 0.717) is 12.2 Å². The number of amides is 1. The largest absolute Gasteiger partial charge is 0.487 e. The Bertz CT molecular complexity index is 906. The summed E-state index contributed by atoms with van der Waals surface area (Å²) in [6, 6.07) is 15.9. The SMILES string of the molecule is Cc1ccccc1C1CCCN1C(=O)c1ccc(OCc2cscn2)cc1. The van der Waals surface area contributed by atoms with Crippen molar-refractivity contribution in [3.8, 4) is 5.75 Å². The highest BCUT2D eigenvalue weighted by atomic mass is 32.1. The number of carbonyl (C=O) groups is 1. The van der Waals surface area contributed by atoms with Crippen LogP contribution in [0.25, 0.3) is 0 Å². The second-order valence-electron chi connectivity index (χ2n) is 6.81. The highest BCUT2D eigenvalue weighted by Gasteiger charge is 2.31. The van der Waals surface area contributed by atoms with Crippen LogP contribution in [0.3, 0.4) is 0 Å². The number of rotatable bonds is 5. The van der Waals surface area contributed by atoms with Crippen LogP contribution in [0.15, 0.2) is 59.4 Å². The van der Waals surface area contributed by atoms with E-state index in [1.807, 2.05) is 40.6 Å². The summed E-state index contributed by atoms with van der Waals surface area (Å²) in [5.41, 5.74) is 5.91. The molecule has 1 fully saturated rings. The van der Waals surface area contributed by atoms with E-state index in [1.165, 1.54) is 11.1 Å². The molecule has 2 heterocycles. The monoisotopic (exact) mass is 378 g/mol. The number of carbonyl (C=O) groups excluding carboxylic acids is 1. The van der Waals surface area contributed by atoms with Crippen molar-refractivity contribution in [3.05, 3.63) is 81.8 Å². The molecular formula is C22H22N2O2S. The maximum Gasteiger partial charge on any atom is 0.254 e. The van der Waals surface area contributed by atoms with Gasteiger partial charge in [-0.3, -0.25) is 4.79 Å². The van der Waals surface area contributed by atoms with E-state index in [1.54, 1.807) is 16.8 Å². The molecule has 1 amide bonds. The standard InChI is InChI=1S/C22H22N2O2S/c1-16-5-2-3-6-20(16)21-7-4-12-24(21)22(25)17-8-10-19(11-9-17)26-13-18-14-27-15-23-18/h2-3,5-6,8-11,14-15,21H,4,7,12-13H2,1H3. The molecule has 1 aliphatic heterocycles. The minimum atomic E-state index is 0.0896. The molecule has 5 heteroatoms. The molecular weight excluding hydrogens is 356 g/mol. The summed E-state index contributed by atoms with van der Waals surface area (Å²) >= 11 is 1.55. The first-order chi connectivity index (χ1) is 13.2. The van der Waals surface area contributed by atoms with Gasteiger partial charge in [0, 0.05) is 17.5 Å². The van der Waals surface area contributed by atoms with Gasteiger partial charge in [0.25, 0.3) is 5.91 Å². The molecule has 1 unspecified atom stereocenters. The molecule has 0 saturated carbocycles. The zero-order chi connectivity index (χ0) is 18.6. The van der Waals surface area contributed by atoms with Crippen LogP contribution in [0.5, 0.6) is 5.75 Å². The van der Waals surface area contributed by atoms with Gasteiger partial charge in [-0.25, -0.2) is 4.98 Å². The molecule has 3 aromatic rings. The maximum atomic E-state index is 13.1. The summed E-state index contributed by atoms with van der Waals surface area (Å²) in [5, 5.41) is 1.97. The van der Waals surface area contributed by atoms with Crippen LogP contribution < -0.4 is 4.74 Å². The van der Waals surface area contributed by atoms with Gasteiger partial charge in [-0.1, -0.05) is 24.3 Å². The first kappa shape index (κ1) is 17.7. The van der Waals surface area contributed by atoms with Crippen LogP contribution >= 0.6 is 11.3 Å². The van der Waals surface area contributed by atoms with Gasteiger partial charge in [-0.15, -0.1) is 11.3 Å². The van der Waals surface area contributed by atoms with E-state index >= 15 is 0 Å². The predicted molar refractivity (Wildman–Crippen MR) is 107 cm³/mol. The summed E-state index contributed by atoms with van der Waals surface area (Å²) in [5.74, 6) is 0.836. The third-order valence-corrected chi connectivity index (χ3v) is 5.67. The molecule has 0 N–H and O–H groups in total. The predicted octanol–water partition coefficient (Wildman–Crippen LogP) is 5.01. The summed E-state index contributed by atoms with van der Waals surface area (Å²) in [6.45, 7) is 3.36. The second kappa shape index (κ2) is 7.92. The first-order valence-corrected chi connectivity index (χ1v) is 10.1. The minimum Gasteiger partial charge on any atom is -0.487 e. The molecule has 4 rings (SSSR count). The average Bonchev–Trinajstić information content (AvgIpc) is 3.38. The van der Waals surface area contributed by atoms with Gasteiger partial charge in [0.15, 0.2) is 0 Å². The molecule has 1 saturated heterocycles. The lowest BCUT2D eigenvalue weighted by atomic mass is 9.99. The van der Waals surface area contributed by atoms with E-state index in [9.17, 15) is 4.79 Å². The van der Waals surface area contributed by atoms with Gasteiger partial charge in [-0.2, -0.15) is 0 Å². The number of hydrogen-bond donors (Lipinski definition) is 0. The van der Waals surface area contributed by atoms with Gasteiger partial charge in [0.05, 0.1) is 17.2 Å². The van der Waals surface area contributed by atoms with Crippen LogP contribution in [-0.2, 0) is 6.61 Å². The lowest BCUT2D eigenvalue weighted by molar-refractivity contribution is 0.0735. The smallest absolute Gasteiger partial charge is 0.254 e. The Hall–Kier alpha value is -2.66. The van der Waals surface area contributed by atoms with E-state index < -0.39 is 0 Å². The van der Waals surface area contributed by atoms with Gasteiger partial charge in [0.2, 0.25) is 0 Å². The normalized spacial score (nSPS) is 16.5. The van der Waals surface area contributed by atoms with Crippen molar-refractivity contribution in [2.24, 2.45) is 0 Å². The van der Waals surface area contributed by atoms with E-state index in [0.717, 1.165) is 30.8 Å². The number of likely N-dealkylation sites (tertiary alicyclic amines) is 1. The van der Waals surface area contributed by atoms with Crippen molar-refractivity contribution in [3.63, 3.8) is 0 Å². The number of hydrogen-bond acceptors (Lipinski definition) is 4. The molecule has 1 atom stereocenters. The minimum absolute atomic E-state index is 0.0896. The number of benzene rings is 2. The van der Waals surface area contributed by atoms with Gasteiger partial charge >= 0.3 is 0 Å². The molecule has 2 aromatic carbocycles. The summed E-state index contributed by atoms with van der Waals surface area (Å²) in [7, 11) is 0. The van der Waals surface area contributed by atoms with E-state index in [-0.39, 0.29) is 11.9 Å². The molecule has 27 heavy (non-hydrogen) atoms. The summed E-state index contributed by atoms with van der Waals surface area (Å²) in [6.07, 6.45) is 2.06. The van der Waals surface area contributed by atoms with E-state index in [4.69, 9.17) is 4.74 Å². The molecule has 4 nitrogen and oxygen atoms in total. The fraction of sp³-hybridized carbons (Fsp3) is 0.273. The molecule has 0 radical (unpaired) electrons. The maximum absolute atomic E-state index is 13.1. The lowest BCUT2D eigenvalue weighted by Gasteiger charge is -2.26. The van der Waals surface area contributed by atoms with Crippen LogP contribution in [0.4, 0.5) is 0 Å². The Balaban J connectivity index is 1.46. The first-order valence-electron chi connectivity index (χ1n) is 9.19. The summed E-state index contributed by atoms with van der Waals surface area (Å²) in [4.78, 5) is 19.3. The highest BCUT2D eigenvalue weighted by Crippen LogP contribution is 2.34. The van der Waals surface area contributed by atoms with Crippen LogP contribution in [0, 0.1) is 6.92 Å². The van der Waals surface area contributed by atoms with Crippen molar-refractivity contribution >= 4 is 17.2 Å². The van der Waals surface area contributed by atoms with Crippen LogP contribution in [-0.4, -0.2) is 22.3 Å². The zero-order valence-electron chi connectivity index (χ0n) is 15.3. The Labute approximate surface area is 163 Å². The number of aryl methyl sites for hydroxylation is 1. The number of ether oxygens (including phenoxy) is 1. The quantitative estimate of drug-likeness (QED) is 0.627. The average molecular weight is 378 g/mol. The molecule has 1 aromatic heterocycles. The van der Waals surface area contributed by atoms with Crippen molar-refractivity contribution in [1.29, 1.82) is 0 Å². The van der Waals surface area contributed by atoms with Gasteiger partial charge in [0.1, 0.15) is 12.4 Å². The highest BCUT2D eigenvalue weighted by molar-refractivity contribution is 7.07. The molecule has 0 aliphatic carbocycles. The van der Waals surface area contributed by atoms with Crippen molar-refractivity contribution in [2.75, 3.05) is 6.54 Å². The fourth-order valence-electron chi connectivity index (χ4n) is 3.62. The Kier molecular flexibility index (Phi) is 5.21.